The minimum atomic E-state index is -0.151. The van der Waals surface area contributed by atoms with Crippen molar-refractivity contribution in [3.8, 4) is 6.07 Å². The normalized spacial score (nSPS) is 20.6. The van der Waals surface area contributed by atoms with Crippen LogP contribution in [0.4, 0.5) is 0 Å². The Balaban J connectivity index is 2.10. The summed E-state index contributed by atoms with van der Waals surface area (Å²) in [4.78, 5) is 2.55. The summed E-state index contributed by atoms with van der Waals surface area (Å²) in [6, 6.07) is 2.72. The van der Waals surface area contributed by atoms with E-state index in [1.54, 1.807) is 0 Å². The summed E-state index contributed by atoms with van der Waals surface area (Å²) in [5.41, 5.74) is 5.80. The predicted octanol–water partition coefficient (Wildman–Crippen LogP) is 2.77. The molecule has 0 aromatic rings. The summed E-state index contributed by atoms with van der Waals surface area (Å²) >= 11 is 0. The molecular formula is C15H29N3. The zero-order valence-corrected chi connectivity index (χ0v) is 12.3. The fraction of sp³-hybridized carbons (Fsp3) is 0.933. The van der Waals surface area contributed by atoms with E-state index in [2.05, 4.69) is 17.9 Å². The van der Waals surface area contributed by atoms with Crippen LogP contribution < -0.4 is 5.73 Å². The van der Waals surface area contributed by atoms with E-state index < -0.39 is 0 Å². The van der Waals surface area contributed by atoms with Crippen molar-refractivity contribution in [3.63, 3.8) is 0 Å². The number of nitriles is 1. The van der Waals surface area contributed by atoms with E-state index in [4.69, 9.17) is 11.0 Å². The van der Waals surface area contributed by atoms with Gasteiger partial charge in [-0.05, 0) is 72.0 Å². The third-order valence-corrected chi connectivity index (χ3v) is 4.20. The molecule has 0 spiro atoms. The van der Waals surface area contributed by atoms with Gasteiger partial charge in [-0.1, -0.05) is 6.42 Å². The Morgan fingerprint density at radius 2 is 1.94 bits per heavy atom. The average molecular weight is 251 g/mol. The number of nitrogens with zero attached hydrogens (tertiary/aromatic N) is 2. The number of piperidine rings is 1. The maximum absolute atomic E-state index is 8.95. The molecule has 0 bridgehead atoms. The monoisotopic (exact) mass is 251 g/mol. The number of hydrogen-bond acceptors (Lipinski definition) is 3. The van der Waals surface area contributed by atoms with Gasteiger partial charge in [-0.2, -0.15) is 5.26 Å². The van der Waals surface area contributed by atoms with Crippen molar-refractivity contribution in [1.29, 1.82) is 5.26 Å². The molecule has 0 aliphatic carbocycles. The van der Waals surface area contributed by atoms with E-state index in [-0.39, 0.29) is 5.41 Å². The van der Waals surface area contributed by atoms with Gasteiger partial charge in [-0.3, -0.25) is 0 Å². The molecule has 1 rings (SSSR count). The highest BCUT2D eigenvalue weighted by Gasteiger charge is 2.21. The molecule has 0 radical (unpaired) electrons. The number of hydrogen-bond donors (Lipinski definition) is 1. The first-order valence-electron chi connectivity index (χ1n) is 7.34. The largest absolute Gasteiger partial charge is 0.328 e. The highest BCUT2D eigenvalue weighted by molar-refractivity contribution is 4.91. The van der Waals surface area contributed by atoms with Crippen LogP contribution in [0.3, 0.4) is 0 Å². The highest BCUT2D eigenvalue weighted by Crippen LogP contribution is 2.23. The van der Waals surface area contributed by atoms with E-state index in [0.717, 1.165) is 18.8 Å². The molecule has 1 aliphatic heterocycles. The number of unbranched alkanes of at least 4 members (excludes halogenated alkanes) is 1. The maximum Gasteiger partial charge on any atom is 0.0683 e. The lowest BCUT2D eigenvalue weighted by molar-refractivity contribution is 0.168. The maximum atomic E-state index is 8.95. The number of likely N-dealkylation sites (tertiary alicyclic amines) is 1. The Labute approximate surface area is 112 Å². The average Bonchev–Trinajstić information content (AvgIpc) is 2.35. The molecule has 0 aromatic carbocycles. The second kappa shape index (κ2) is 7.11. The van der Waals surface area contributed by atoms with E-state index in [0.29, 0.717) is 6.04 Å². The molecule has 1 aliphatic rings. The molecule has 3 heteroatoms. The first kappa shape index (κ1) is 15.5. The Morgan fingerprint density at radius 3 is 2.44 bits per heavy atom. The van der Waals surface area contributed by atoms with Gasteiger partial charge in [0.15, 0.2) is 0 Å². The van der Waals surface area contributed by atoms with Gasteiger partial charge in [0, 0.05) is 6.04 Å². The summed E-state index contributed by atoms with van der Waals surface area (Å²) in [6.45, 7) is 9.78. The van der Waals surface area contributed by atoms with Gasteiger partial charge >= 0.3 is 0 Å². The Hall–Kier alpha value is -0.590. The van der Waals surface area contributed by atoms with Crippen LogP contribution in [0.25, 0.3) is 0 Å². The van der Waals surface area contributed by atoms with Gasteiger partial charge < -0.3 is 10.6 Å². The number of rotatable bonds is 6. The fourth-order valence-corrected chi connectivity index (χ4v) is 2.66. The van der Waals surface area contributed by atoms with Crippen LogP contribution in [0, 0.1) is 22.7 Å². The lowest BCUT2D eigenvalue weighted by atomic mass is 9.88. The van der Waals surface area contributed by atoms with Gasteiger partial charge in [-0.25, -0.2) is 0 Å². The lowest BCUT2D eigenvalue weighted by Crippen LogP contribution is -2.40. The van der Waals surface area contributed by atoms with Crippen LogP contribution in [-0.4, -0.2) is 30.6 Å². The molecule has 18 heavy (non-hydrogen) atoms. The summed E-state index contributed by atoms with van der Waals surface area (Å²) in [6.07, 6.45) is 5.89. The number of nitrogens with two attached hydrogens (primary N) is 1. The topological polar surface area (TPSA) is 53.0 Å². The molecule has 1 fully saturated rings. The molecular weight excluding hydrogens is 222 g/mol. The first-order chi connectivity index (χ1) is 8.44. The summed E-state index contributed by atoms with van der Waals surface area (Å²) in [7, 11) is 0. The van der Waals surface area contributed by atoms with Crippen LogP contribution in [0.5, 0.6) is 0 Å². The first-order valence-corrected chi connectivity index (χ1v) is 7.34. The predicted molar refractivity (Wildman–Crippen MR) is 76.1 cm³/mol. The second-order valence-electron chi connectivity index (χ2n) is 6.49. The van der Waals surface area contributed by atoms with Gasteiger partial charge in [0.2, 0.25) is 0 Å². The Morgan fingerprint density at radius 1 is 1.33 bits per heavy atom. The molecule has 1 unspecified atom stereocenters. The molecule has 3 nitrogen and oxygen atoms in total. The summed E-state index contributed by atoms with van der Waals surface area (Å²) in [5.74, 6) is 0.721. The Bertz CT molecular complexity index is 270. The van der Waals surface area contributed by atoms with Gasteiger partial charge in [0.05, 0.1) is 11.5 Å². The van der Waals surface area contributed by atoms with E-state index >= 15 is 0 Å². The van der Waals surface area contributed by atoms with Gasteiger partial charge in [0.25, 0.3) is 0 Å². The van der Waals surface area contributed by atoms with Crippen LogP contribution >= 0.6 is 0 Å². The second-order valence-corrected chi connectivity index (χ2v) is 6.49. The van der Waals surface area contributed by atoms with Crippen molar-refractivity contribution < 1.29 is 0 Å². The van der Waals surface area contributed by atoms with Crippen molar-refractivity contribution in [2.75, 3.05) is 19.6 Å². The minimum absolute atomic E-state index is 0.151. The van der Waals surface area contributed by atoms with Crippen molar-refractivity contribution >= 4 is 0 Å². The lowest BCUT2D eigenvalue weighted by Gasteiger charge is -2.33. The van der Waals surface area contributed by atoms with Crippen LogP contribution in [0.15, 0.2) is 0 Å². The van der Waals surface area contributed by atoms with E-state index in [9.17, 15) is 0 Å². The molecule has 1 atom stereocenters. The molecule has 0 amide bonds. The fourth-order valence-electron chi connectivity index (χ4n) is 2.66. The zero-order valence-electron chi connectivity index (χ0n) is 12.3. The van der Waals surface area contributed by atoms with Gasteiger partial charge in [0.1, 0.15) is 0 Å². The molecule has 0 saturated carbocycles. The Kier molecular flexibility index (Phi) is 6.11. The van der Waals surface area contributed by atoms with Crippen molar-refractivity contribution in [2.45, 2.75) is 58.9 Å². The molecule has 1 heterocycles. The van der Waals surface area contributed by atoms with E-state index in [1.807, 2.05) is 13.8 Å². The molecule has 1 saturated heterocycles. The van der Waals surface area contributed by atoms with Crippen LogP contribution in [-0.2, 0) is 0 Å². The van der Waals surface area contributed by atoms with Crippen molar-refractivity contribution in [3.05, 3.63) is 0 Å². The van der Waals surface area contributed by atoms with Crippen molar-refractivity contribution in [2.24, 2.45) is 17.1 Å². The summed E-state index contributed by atoms with van der Waals surface area (Å²) < 4.78 is 0. The molecule has 0 aromatic heterocycles. The van der Waals surface area contributed by atoms with Crippen LogP contribution in [0.2, 0.25) is 0 Å². The summed E-state index contributed by atoms with van der Waals surface area (Å²) in [5, 5.41) is 8.95. The quantitative estimate of drug-likeness (QED) is 0.739. The minimum Gasteiger partial charge on any atom is -0.328 e. The van der Waals surface area contributed by atoms with Crippen LogP contribution in [0.1, 0.15) is 52.9 Å². The zero-order chi connectivity index (χ0) is 13.6. The van der Waals surface area contributed by atoms with E-state index in [1.165, 1.54) is 38.9 Å². The van der Waals surface area contributed by atoms with Gasteiger partial charge in [-0.15, -0.1) is 0 Å². The third-order valence-electron chi connectivity index (χ3n) is 4.20. The standard InChI is InChI=1S/C15H29N3/c1-13(17)14-6-10-18(11-7-14)9-5-4-8-15(2,3)12-16/h13-14H,4-11,17H2,1-3H3. The molecule has 2 N–H and O–H groups in total. The highest BCUT2D eigenvalue weighted by atomic mass is 15.1. The smallest absolute Gasteiger partial charge is 0.0683 e. The third kappa shape index (κ3) is 5.37. The molecule has 104 valence electrons. The SMILES string of the molecule is CC(N)C1CCN(CCCCC(C)(C)C#N)CC1. The van der Waals surface area contributed by atoms with Crippen molar-refractivity contribution in [1.82, 2.24) is 4.90 Å².